The van der Waals surface area contributed by atoms with Gasteiger partial charge in [-0.25, -0.2) is 0 Å². The van der Waals surface area contributed by atoms with Crippen molar-refractivity contribution in [1.29, 1.82) is 5.26 Å². The van der Waals surface area contributed by atoms with Crippen molar-refractivity contribution in [2.45, 2.75) is 70.4 Å². The van der Waals surface area contributed by atoms with Crippen LogP contribution in [0, 0.1) is 17.2 Å². The van der Waals surface area contributed by atoms with E-state index in [0.717, 1.165) is 96.1 Å². The van der Waals surface area contributed by atoms with Crippen LogP contribution in [0.1, 0.15) is 54.3 Å². The van der Waals surface area contributed by atoms with Gasteiger partial charge >= 0.3 is 6.18 Å². The van der Waals surface area contributed by atoms with Crippen LogP contribution in [0.5, 0.6) is 0 Å². The van der Waals surface area contributed by atoms with Gasteiger partial charge in [0.2, 0.25) is 0 Å². The lowest BCUT2D eigenvalue weighted by atomic mass is 9.80. The lowest BCUT2D eigenvalue weighted by Crippen LogP contribution is -2.41. The summed E-state index contributed by atoms with van der Waals surface area (Å²) in [6, 6.07) is 13.1. The molecule has 43 heavy (non-hydrogen) atoms. The molecule has 2 fully saturated rings. The summed E-state index contributed by atoms with van der Waals surface area (Å²) >= 11 is 1.14. The molecule has 1 saturated heterocycles. The summed E-state index contributed by atoms with van der Waals surface area (Å²) < 4.78 is 40.9. The summed E-state index contributed by atoms with van der Waals surface area (Å²) in [6.07, 6.45) is 0.510. The van der Waals surface area contributed by atoms with E-state index in [1.807, 2.05) is 13.0 Å². The normalized spacial score (nSPS) is 20.0. The predicted molar refractivity (Wildman–Crippen MR) is 170 cm³/mol. The Morgan fingerprint density at radius 2 is 1.95 bits per heavy atom. The fourth-order valence-electron chi connectivity index (χ4n) is 6.28. The van der Waals surface area contributed by atoms with E-state index in [4.69, 9.17) is 4.99 Å². The number of allylic oxidation sites excluding steroid dienone is 1. The lowest BCUT2D eigenvalue weighted by Gasteiger charge is -2.37. The molecule has 1 aliphatic heterocycles. The number of nitrogens with one attached hydrogen (secondary N) is 2. The highest BCUT2D eigenvalue weighted by atomic mass is 32.1. The number of hydrogen-bond donors (Lipinski definition) is 2. The van der Waals surface area contributed by atoms with Crippen molar-refractivity contribution in [3.63, 3.8) is 0 Å². The van der Waals surface area contributed by atoms with E-state index in [1.54, 1.807) is 19.2 Å². The van der Waals surface area contributed by atoms with Crippen molar-refractivity contribution in [3.05, 3.63) is 77.0 Å². The number of hydrogen-bond acceptors (Lipinski definition) is 6. The summed E-state index contributed by atoms with van der Waals surface area (Å²) in [5.74, 6) is 0.525. The van der Waals surface area contributed by atoms with Gasteiger partial charge in [-0.15, -0.1) is 11.3 Å². The first-order valence-electron chi connectivity index (χ1n) is 14.8. The first-order valence-corrected chi connectivity index (χ1v) is 15.6. The molecule has 5 rings (SSSR count). The minimum atomic E-state index is -4.22. The summed E-state index contributed by atoms with van der Waals surface area (Å²) in [7, 11) is 1.73. The van der Waals surface area contributed by atoms with Crippen LogP contribution in [0.2, 0.25) is 0 Å². The van der Waals surface area contributed by atoms with Gasteiger partial charge in [-0.1, -0.05) is 19.2 Å². The first-order chi connectivity index (χ1) is 20.5. The highest BCUT2D eigenvalue weighted by Gasteiger charge is 2.31. The number of fused-ring (bicyclic) bond motifs is 1. The SMILES string of the molecule is C=CC(=C)NC1CC(Cn2c(C#N)cc3cc(CN4CCC(N=C(C)c5cc(CC(F)(F)F)sc5NC)CC4)ccc32)C1. The smallest absolute Gasteiger partial charge is 0.383 e. The number of aromatic nitrogens is 1. The molecule has 0 amide bonds. The number of rotatable bonds is 11. The lowest BCUT2D eigenvalue weighted by molar-refractivity contribution is -0.126. The topological polar surface area (TPSA) is 68.4 Å². The van der Waals surface area contributed by atoms with Crippen LogP contribution in [0.15, 0.2) is 60.3 Å². The van der Waals surface area contributed by atoms with Crippen molar-refractivity contribution in [2.75, 3.05) is 25.5 Å². The van der Waals surface area contributed by atoms with Crippen LogP contribution in [-0.2, 0) is 19.5 Å². The van der Waals surface area contributed by atoms with E-state index in [2.05, 4.69) is 57.5 Å². The molecule has 0 spiro atoms. The van der Waals surface area contributed by atoms with Gasteiger partial charge in [0.05, 0.1) is 17.5 Å². The second-order valence-electron chi connectivity index (χ2n) is 11.8. The van der Waals surface area contributed by atoms with Crippen molar-refractivity contribution in [2.24, 2.45) is 10.9 Å². The Balaban J connectivity index is 1.17. The summed E-state index contributed by atoms with van der Waals surface area (Å²) in [4.78, 5) is 7.64. The number of halogens is 3. The van der Waals surface area contributed by atoms with Gasteiger partial charge in [0.15, 0.2) is 0 Å². The molecular weight excluding hydrogens is 569 g/mol. The molecule has 228 valence electrons. The zero-order chi connectivity index (χ0) is 30.7. The van der Waals surface area contributed by atoms with Gasteiger partial charge in [-0.05, 0) is 74.4 Å². The van der Waals surface area contributed by atoms with Gasteiger partial charge in [0.1, 0.15) is 11.8 Å². The zero-order valence-corrected chi connectivity index (χ0v) is 25.6. The third kappa shape index (κ3) is 7.51. The number of alkyl halides is 3. The zero-order valence-electron chi connectivity index (χ0n) is 24.8. The fourth-order valence-corrected chi connectivity index (χ4v) is 7.37. The van der Waals surface area contributed by atoms with E-state index in [9.17, 15) is 18.4 Å². The standard InChI is InChI=1S/C33H39F3N6S/c1-5-21(2)39-27-13-24(14-27)20-42-28(18-37)15-25-12-23(6-7-31(25)42)19-41-10-8-26(9-11-41)40-22(3)30-16-29(17-33(34,35)36)43-32(30)38-4/h5-7,12,15-16,24,26-27,38-39H,1-2,8-11,13-14,17,19-20H2,3-4H3. The van der Waals surface area contributed by atoms with Gasteiger partial charge in [0, 0.05) is 72.0 Å². The second-order valence-corrected chi connectivity index (χ2v) is 12.9. The van der Waals surface area contributed by atoms with Crippen molar-refractivity contribution < 1.29 is 13.2 Å². The third-order valence-corrected chi connectivity index (χ3v) is 9.66. The van der Waals surface area contributed by atoms with Crippen LogP contribution >= 0.6 is 11.3 Å². The minimum Gasteiger partial charge on any atom is -0.383 e. The van der Waals surface area contributed by atoms with Gasteiger partial charge in [-0.3, -0.25) is 9.89 Å². The van der Waals surface area contributed by atoms with E-state index < -0.39 is 12.6 Å². The Morgan fingerprint density at radius 3 is 2.60 bits per heavy atom. The van der Waals surface area contributed by atoms with Crippen molar-refractivity contribution in [1.82, 2.24) is 14.8 Å². The Bertz CT molecular complexity index is 1540. The average Bonchev–Trinajstić information content (AvgIpc) is 3.51. The first kappa shape index (κ1) is 30.9. The monoisotopic (exact) mass is 608 g/mol. The number of piperidine rings is 1. The highest BCUT2D eigenvalue weighted by Crippen LogP contribution is 2.34. The Kier molecular flexibility index (Phi) is 9.33. The molecule has 3 heterocycles. The molecule has 1 aliphatic carbocycles. The Labute approximate surface area is 255 Å². The quantitative estimate of drug-likeness (QED) is 0.178. The van der Waals surface area contributed by atoms with E-state index >= 15 is 0 Å². The number of thiophene rings is 1. The van der Waals surface area contributed by atoms with Crippen LogP contribution in [0.3, 0.4) is 0 Å². The molecule has 2 aromatic heterocycles. The van der Waals surface area contributed by atoms with Crippen molar-refractivity contribution >= 4 is 33.0 Å². The maximum absolute atomic E-state index is 12.9. The molecular formula is C33H39F3N6S. The van der Waals surface area contributed by atoms with E-state index in [1.165, 1.54) is 5.56 Å². The number of likely N-dealkylation sites (tertiary alicyclic amines) is 1. The number of nitriles is 1. The maximum Gasteiger partial charge on any atom is 0.393 e. The molecule has 2 N–H and O–H groups in total. The maximum atomic E-state index is 12.9. The number of benzene rings is 1. The molecule has 6 nitrogen and oxygen atoms in total. The summed E-state index contributed by atoms with van der Waals surface area (Å²) in [6.45, 7) is 13.1. The van der Waals surface area contributed by atoms with Crippen LogP contribution < -0.4 is 10.6 Å². The van der Waals surface area contributed by atoms with Crippen LogP contribution in [0.4, 0.5) is 18.2 Å². The van der Waals surface area contributed by atoms with Crippen LogP contribution in [0.25, 0.3) is 10.9 Å². The summed E-state index contributed by atoms with van der Waals surface area (Å²) in [5.41, 5.74) is 5.42. The molecule has 10 heteroatoms. The van der Waals surface area contributed by atoms with Gasteiger partial charge < -0.3 is 15.2 Å². The molecule has 0 radical (unpaired) electrons. The molecule has 1 saturated carbocycles. The number of aliphatic imine (C=N–C) groups is 1. The summed E-state index contributed by atoms with van der Waals surface area (Å²) in [5, 5.41) is 18.1. The fraction of sp³-hybridized carbons (Fsp3) is 0.455. The number of nitrogens with zero attached hydrogens (tertiary/aromatic N) is 4. The second kappa shape index (κ2) is 13.0. The van der Waals surface area contributed by atoms with E-state index in [0.29, 0.717) is 22.5 Å². The Hall–Kier alpha value is -3.55. The van der Waals surface area contributed by atoms with Crippen LogP contribution in [-0.4, -0.2) is 53.6 Å². The third-order valence-electron chi connectivity index (χ3n) is 8.51. The highest BCUT2D eigenvalue weighted by molar-refractivity contribution is 7.16. The average molecular weight is 609 g/mol. The molecule has 0 bridgehead atoms. The Morgan fingerprint density at radius 1 is 1.21 bits per heavy atom. The largest absolute Gasteiger partial charge is 0.393 e. The predicted octanol–water partition coefficient (Wildman–Crippen LogP) is 7.26. The van der Waals surface area contributed by atoms with Crippen molar-refractivity contribution in [3.8, 4) is 6.07 Å². The van der Waals surface area contributed by atoms with Gasteiger partial charge in [0.25, 0.3) is 0 Å². The molecule has 2 aliphatic rings. The van der Waals surface area contributed by atoms with E-state index in [-0.39, 0.29) is 6.04 Å². The number of anilines is 1. The molecule has 3 aromatic rings. The van der Waals surface area contributed by atoms with Gasteiger partial charge in [-0.2, -0.15) is 18.4 Å². The minimum absolute atomic E-state index is 0.151. The molecule has 0 unspecified atom stereocenters. The molecule has 1 aromatic carbocycles. The molecule has 0 atom stereocenters.